The SMILES string of the molecule is CO[C@@H]1C[C@H]2[C@@H]3C[C@H]4[C@H](C=O)[C@H]4[C@@]3(C)CC[C@@H]2[C@@]2(C)CC[C@@H]3C[C@]312. The summed E-state index contributed by atoms with van der Waals surface area (Å²) in [5.41, 5.74) is 1.54. The Labute approximate surface area is 146 Å². The van der Waals surface area contributed by atoms with Gasteiger partial charge in [0, 0.05) is 18.4 Å². The third-order valence-electron chi connectivity index (χ3n) is 10.9. The van der Waals surface area contributed by atoms with Crippen LogP contribution in [0.4, 0.5) is 0 Å². The van der Waals surface area contributed by atoms with Crippen molar-refractivity contribution in [1.29, 1.82) is 0 Å². The lowest BCUT2D eigenvalue weighted by molar-refractivity contribution is -0.160. The predicted octanol–water partition coefficient (Wildman–Crippen LogP) is 4.33. The average molecular weight is 328 g/mol. The van der Waals surface area contributed by atoms with Gasteiger partial charge in [-0.05, 0) is 91.3 Å². The van der Waals surface area contributed by atoms with Gasteiger partial charge in [-0.2, -0.15) is 0 Å². The largest absolute Gasteiger partial charge is 0.381 e. The molecule has 0 unspecified atom stereocenters. The summed E-state index contributed by atoms with van der Waals surface area (Å²) in [6, 6.07) is 0. The lowest BCUT2D eigenvalue weighted by atomic mass is 9.45. The molecule has 0 aliphatic heterocycles. The normalized spacial score (nSPS) is 68.3. The quantitative estimate of drug-likeness (QED) is 0.706. The van der Waals surface area contributed by atoms with Gasteiger partial charge in [-0.1, -0.05) is 13.8 Å². The number of ether oxygens (including phenoxy) is 1. The van der Waals surface area contributed by atoms with Crippen LogP contribution < -0.4 is 0 Å². The first-order chi connectivity index (χ1) is 11.5. The predicted molar refractivity (Wildman–Crippen MR) is 92.3 cm³/mol. The molecule has 0 heterocycles. The van der Waals surface area contributed by atoms with E-state index >= 15 is 0 Å². The average Bonchev–Trinajstić information content (AvgIpc) is 3.42. The first-order valence-electron chi connectivity index (χ1n) is 10.5. The molecule has 2 heteroatoms. The van der Waals surface area contributed by atoms with Crippen LogP contribution in [0.5, 0.6) is 0 Å². The second-order valence-corrected chi connectivity index (χ2v) is 10.9. The number of rotatable bonds is 2. The zero-order valence-corrected chi connectivity index (χ0v) is 15.5. The Morgan fingerprint density at radius 3 is 2.58 bits per heavy atom. The van der Waals surface area contributed by atoms with Crippen LogP contribution >= 0.6 is 0 Å². The molecule has 6 aliphatic carbocycles. The molecule has 0 saturated heterocycles. The molecule has 6 aliphatic rings. The highest BCUT2D eigenvalue weighted by Crippen LogP contribution is 2.83. The van der Waals surface area contributed by atoms with Crippen LogP contribution in [0.2, 0.25) is 0 Å². The highest BCUT2D eigenvalue weighted by molar-refractivity contribution is 5.61. The molecular formula is C22H32O2. The van der Waals surface area contributed by atoms with Crippen molar-refractivity contribution in [2.24, 2.45) is 57.7 Å². The Balaban J connectivity index is 1.38. The number of carbonyl (C=O) groups is 1. The van der Waals surface area contributed by atoms with Gasteiger partial charge in [-0.15, -0.1) is 0 Å². The van der Waals surface area contributed by atoms with Crippen LogP contribution in [-0.4, -0.2) is 19.5 Å². The number of aldehydes is 1. The fraction of sp³-hybridized carbons (Fsp3) is 0.955. The van der Waals surface area contributed by atoms with Crippen molar-refractivity contribution in [2.75, 3.05) is 7.11 Å². The molecule has 0 bridgehead atoms. The highest BCUT2D eigenvalue weighted by atomic mass is 16.5. The van der Waals surface area contributed by atoms with E-state index in [9.17, 15) is 4.79 Å². The minimum absolute atomic E-state index is 0.408. The molecule has 0 amide bonds. The zero-order valence-electron chi connectivity index (χ0n) is 15.5. The van der Waals surface area contributed by atoms with Crippen LogP contribution in [0.25, 0.3) is 0 Å². The molecule has 0 aromatic carbocycles. The van der Waals surface area contributed by atoms with E-state index in [1.54, 1.807) is 0 Å². The second kappa shape index (κ2) is 4.13. The minimum atomic E-state index is 0.408. The Morgan fingerprint density at radius 2 is 1.88 bits per heavy atom. The van der Waals surface area contributed by atoms with E-state index < -0.39 is 0 Å². The number of methoxy groups -OCH3 is 1. The van der Waals surface area contributed by atoms with Crippen molar-refractivity contribution in [3.63, 3.8) is 0 Å². The Morgan fingerprint density at radius 1 is 1.04 bits per heavy atom. The maximum Gasteiger partial charge on any atom is 0.123 e. The smallest absolute Gasteiger partial charge is 0.123 e. The lowest BCUT2D eigenvalue weighted by Gasteiger charge is -2.60. The van der Waals surface area contributed by atoms with Crippen LogP contribution in [0.1, 0.15) is 58.8 Å². The molecule has 0 aromatic rings. The van der Waals surface area contributed by atoms with Crippen molar-refractivity contribution < 1.29 is 9.53 Å². The molecular weight excluding hydrogens is 296 g/mol. The maximum atomic E-state index is 11.4. The lowest BCUT2D eigenvalue weighted by Crippen LogP contribution is -2.56. The highest BCUT2D eigenvalue weighted by Gasteiger charge is 2.79. The first kappa shape index (κ1) is 14.8. The molecule has 0 radical (unpaired) electrons. The van der Waals surface area contributed by atoms with Gasteiger partial charge >= 0.3 is 0 Å². The monoisotopic (exact) mass is 328 g/mol. The summed E-state index contributed by atoms with van der Waals surface area (Å²) in [6.07, 6.45) is 11.6. The standard InChI is InChI=1S/C22H32O2/c1-20-6-5-16-14(17(20)8-13-15(11-23)19(13)20)9-18(24-3)22-10-12(22)4-7-21(16,22)2/h11-19H,4-10H2,1-3H3/t12-,13+,14-,15+,16+,17+,18-,19+,20+,21-,22+/m1/s1. The summed E-state index contributed by atoms with van der Waals surface area (Å²) in [5.74, 6) is 5.50. The van der Waals surface area contributed by atoms with Crippen molar-refractivity contribution in [3.8, 4) is 0 Å². The third kappa shape index (κ3) is 1.32. The Kier molecular flexibility index (Phi) is 2.54. The summed E-state index contributed by atoms with van der Waals surface area (Å²) >= 11 is 0. The topological polar surface area (TPSA) is 26.3 Å². The van der Waals surface area contributed by atoms with Crippen LogP contribution in [0.15, 0.2) is 0 Å². The van der Waals surface area contributed by atoms with E-state index in [2.05, 4.69) is 13.8 Å². The second-order valence-electron chi connectivity index (χ2n) is 10.9. The van der Waals surface area contributed by atoms with E-state index in [1.165, 1.54) is 51.2 Å². The summed E-state index contributed by atoms with van der Waals surface area (Å²) < 4.78 is 6.17. The number of hydrogen-bond donors (Lipinski definition) is 0. The van der Waals surface area contributed by atoms with Gasteiger partial charge in [0.25, 0.3) is 0 Å². The van der Waals surface area contributed by atoms with Gasteiger partial charge in [0.1, 0.15) is 6.29 Å². The van der Waals surface area contributed by atoms with Crippen molar-refractivity contribution in [3.05, 3.63) is 0 Å². The van der Waals surface area contributed by atoms with Gasteiger partial charge in [0.05, 0.1) is 6.10 Å². The van der Waals surface area contributed by atoms with Gasteiger partial charge < -0.3 is 9.53 Å². The molecule has 11 atom stereocenters. The molecule has 1 spiro atoms. The van der Waals surface area contributed by atoms with Gasteiger partial charge in [0.15, 0.2) is 0 Å². The van der Waals surface area contributed by atoms with E-state index in [4.69, 9.17) is 4.74 Å². The van der Waals surface area contributed by atoms with Crippen molar-refractivity contribution in [1.82, 2.24) is 0 Å². The number of fused-ring (bicyclic) bond motifs is 6. The summed E-state index contributed by atoms with van der Waals surface area (Å²) in [7, 11) is 1.98. The molecule has 0 N–H and O–H groups in total. The van der Waals surface area contributed by atoms with Crippen LogP contribution in [0, 0.1) is 57.7 Å². The number of hydrogen-bond acceptors (Lipinski definition) is 2. The third-order valence-corrected chi connectivity index (χ3v) is 10.9. The van der Waals surface area contributed by atoms with Crippen LogP contribution in [-0.2, 0) is 9.53 Å². The fourth-order valence-corrected chi connectivity index (χ4v) is 9.90. The van der Waals surface area contributed by atoms with Gasteiger partial charge in [0.2, 0.25) is 0 Å². The van der Waals surface area contributed by atoms with Crippen molar-refractivity contribution >= 4 is 6.29 Å². The molecule has 132 valence electrons. The summed E-state index contributed by atoms with van der Waals surface area (Å²) in [4.78, 5) is 11.4. The van der Waals surface area contributed by atoms with Gasteiger partial charge in [-0.25, -0.2) is 0 Å². The molecule has 6 rings (SSSR count). The fourth-order valence-electron chi connectivity index (χ4n) is 9.90. The molecule has 2 nitrogen and oxygen atoms in total. The molecule has 6 fully saturated rings. The van der Waals surface area contributed by atoms with E-state index in [1.807, 2.05) is 7.11 Å². The first-order valence-corrected chi connectivity index (χ1v) is 10.5. The number of carbonyl (C=O) groups excluding carboxylic acids is 1. The Hall–Kier alpha value is -0.370. The van der Waals surface area contributed by atoms with Crippen LogP contribution in [0.3, 0.4) is 0 Å². The molecule has 6 saturated carbocycles. The van der Waals surface area contributed by atoms with E-state index in [0.717, 1.165) is 35.5 Å². The summed E-state index contributed by atoms with van der Waals surface area (Å²) in [5, 5.41) is 0. The van der Waals surface area contributed by atoms with E-state index in [-0.39, 0.29) is 0 Å². The summed E-state index contributed by atoms with van der Waals surface area (Å²) in [6.45, 7) is 5.20. The molecule has 24 heavy (non-hydrogen) atoms. The Bertz CT molecular complexity index is 615. The molecule has 0 aromatic heterocycles. The van der Waals surface area contributed by atoms with Crippen molar-refractivity contribution in [2.45, 2.75) is 64.9 Å². The zero-order chi connectivity index (χ0) is 16.5. The minimum Gasteiger partial charge on any atom is -0.381 e. The maximum absolute atomic E-state index is 11.4. The van der Waals surface area contributed by atoms with Gasteiger partial charge in [-0.3, -0.25) is 0 Å². The van der Waals surface area contributed by atoms with E-state index in [0.29, 0.717) is 28.3 Å².